The fraction of sp³-hybridized carbons (Fsp3) is 0.265. The van der Waals surface area contributed by atoms with Gasteiger partial charge in [-0.1, -0.05) is 67.3 Å². The van der Waals surface area contributed by atoms with E-state index in [0.717, 1.165) is 45.6 Å². The molecule has 3 aliphatic heterocycles. The van der Waals surface area contributed by atoms with Crippen molar-refractivity contribution in [1.82, 2.24) is 4.90 Å². The van der Waals surface area contributed by atoms with Crippen molar-refractivity contribution in [3.05, 3.63) is 118 Å². The molecule has 2 aromatic carbocycles. The Kier molecular flexibility index (Phi) is 8.87. The molecular weight excluding hydrogens is 545 g/mol. The lowest BCUT2D eigenvalue weighted by Gasteiger charge is -2.28. The van der Waals surface area contributed by atoms with Crippen molar-refractivity contribution in [3.8, 4) is 0 Å². The predicted octanol–water partition coefficient (Wildman–Crippen LogP) is 6.76. The van der Waals surface area contributed by atoms with Gasteiger partial charge in [-0.3, -0.25) is 0 Å². The zero-order chi connectivity index (χ0) is 28.0. The molecule has 1 aromatic heterocycles. The Balaban J connectivity index is 0.00000148. The van der Waals surface area contributed by atoms with E-state index in [2.05, 4.69) is 107 Å². The monoisotopic (exact) mass is 582 g/mol. The molecule has 0 amide bonds. The van der Waals surface area contributed by atoms with Crippen molar-refractivity contribution >= 4 is 45.1 Å². The third kappa shape index (κ3) is 6.28. The van der Waals surface area contributed by atoms with Crippen LogP contribution < -0.4 is 15.2 Å². The summed E-state index contributed by atoms with van der Waals surface area (Å²) in [5.41, 5.74) is 7.89. The van der Waals surface area contributed by atoms with Gasteiger partial charge in [0.05, 0.1) is 29.6 Å². The number of fused-ring (bicyclic) bond motifs is 2. The highest BCUT2D eigenvalue weighted by atomic mass is 32.2. The molecule has 41 heavy (non-hydrogen) atoms. The summed E-state index contributed by atoms with van der Waals surface area (Å²) in [6.45, 7) is 7.51. The number of hydrogen-bond donors (Lipinski definition) is 2. The molecule has 4 heterocycles. The number of rotatable bonds is 5. The number of H-pyrrole nitrogens is 1. The Morgan fingerprint density at radius 3 is 2.66 bits per heavy atom. The van der Waals surface area contributed by atoms with E-state index >= 15 is 0 Å². The summed E-state index contributed by atoms with van der Waals surface area (Å²) >= 11 is 3.62. The van der Waals surface area contributed by atoms with Crippen LogP contribution in [-0.2, 0) is 4.74 Å². The molecule has 210 valence electrons. The van der Waals surface area contributed by atoms with Gasteiger partial charge in [0.2, 0.25) is 5.52 Å². The van der Waals surface area contributed by atoms with Crippen LogP contribution in [0.4, 0.5) is 5.69 Å². The van der Waals surface area contributed by atoms with Crippen molar-refractivity contribution in [2.75, 3.05) is 31.6 Å². The maximum Gasteiger partial charge on any atom is 0.261 e. The van der Waals surface area contributed by atoms with Gasteiger partial charge in [-0.05, 0) is 49.6 Å². The molecular formula is C34H38N4OS2+2. The van der Waals surface area contributed by atoms with Crippen LogP contribution in [0.15, 0.2) is 118 Å². The number of anilines is 1. The molecule has 3 aromatic rings. The van der Waals surface area contributed by atoms with Gasteiger partial charge >= 0.3 is 0 Å². The average molecular weight is 583 g/mol. The van der Waals surface area contributed by atoms with Crippen LogP contribution in [-0.4, -0.2) is 31.2 Å². The van der Waals surface area contributed by atoms with Crippen LogP contribution in [0.1, 0.15) is 38.1 Å². The van der Waals surface area contributed by atoms with Crippen molar-refractivity contribution in [1.29, 1.82) is 0 Å². The van der Waals surface area contributed by atoms with E-state index < -0.39 is 0 Å². The molecule has 1 saturated heterocycles. The van der Waals surface area contributed by atoms with E-state index in [9.17, 15) is 0 Å². The minimum absolute atomic E-state index is 0.800. The molecule has 0 radical (unpaired) electrons. The van der Waals surface area contributed by atoms with Gasteiger partial charge in [-0.25, -0.2) is 4.90 Å². The minimum atomic E-state index is 0.800. The van der Waals surface area contributed by atoms with Crippen molar-refractivity contribution in [2.24, 2.45) is 0 Å². The Morgan fingerprint density at radius 1 is 0.976 bits per heavy atom. The molecule has 1 unspecified atom stereocenters. The lowest BCUT2D eigenvalue weighted by molar-refractivity contribution is -0.741. The zero-order valence-corrected chi connectivity index (χ0v) is 25.4. The number of aromatic nitrogens is 1. The molecule has 0 bridgehead atoms. The maximum atomic E-state index is 5.59. The summed E-state index contributed by atoms with van der Waals surface area (Å²) in [6.07, 6.45) is 19.5. The van der Waals surface area contributed by atoms with Gasteiger partial charge in [0.1, 0.15) is 22.8 Å². The number of quaternary nitrogens is 1. The van der Waals surface area contributed by atoms with Crippen LogP contribution in [0, 0.1) is 0 Å². The maximum absolute atomic E-state index is 5.59. The number of benzene rings is 2. The smallest absolute Gasteiger partial charge is 0.261 e. The van der Waals surface area contributed by atoms with Gasteiger partial charge in [-0.2, -0.15) is 4.98 Å². The Morgan fingerprint density at radius 2 is 1.80 bits per heavy atom. The number of allylic oxidation sites excluding steroid dienone is 6. The van der Waals surface area contributed by atoms with Gasteiger partial charge < -0.3 is 15.0 Å². The fourth-order valence-corrected chi connectivity index (χ4v) is 7.43. The second-order valence-electron chi connectivity index (χ2n) is 10.1. The molecule has 0 saturated carbocycles. The molecule has 0 spiro atoms. The number of nitrogens with one attached hydrogen (secondary N) is 3. The number of hydrogen-bond acceptors (Lipinski definition) is 5. The highest BCUT2D eigenvalue weighted by Gasteiger charge is 2.29. The third-order valence-corrected chi connectivity index (χ3v) is 9.61. The normalized spacial score (nSPS) is 22.3. The van der Waals surface area contributed by atoms with E-state index in [-0.39, 0.29) is 0 Å². The molecule has 3 N–H and O–H groups in total. The number of nitrogens with zero attached hydrogens (tertiary/aromatic N) is 1. The summed E-state index contributed by atoms with van der Waals surface area (Å²) < 4.78 is 6.88. The van der Waals surface area contributed by atoms with E-state index in [1.54, 1.807) is 0 Å². The minimum Gasteiger partial charge on any atom is -0.378 e. The van der Waals surface area contributed by atoms with Crippen LogP contribution in [0.25, 0.3) is 16.3 Å². The first kappa shape index (κ1) is 27.8. The third-order valence-electron chi connectivity index (χ3n) is 7.54. The van der Waals surface area contributed by atoms with Crippen LogP contribution in [0.3, 0.4) is 0 Å². The molecule has 5 nitrogen and oxygen atoms in total. The first-order valence-corrected chi connectivity index (χ1v) is 16.3. The first-order chi connectivity index (χ1) is 20.3. The highest BCUT2D eigenvalue weighted by Crippen LogP contribution is 2.40. The molecule has 7 rings (SSSR count). The lowest BCUT2D eigenvalue weighted by Crippen LogP contribution is -3.00. The molecule has 4 aliphatic rings. The Labute approximate surface area is 251 Å². The first-order valence-electron chi connectivity index (χ1n) is 14.7. The van der Waals surface area contributed by atoms with E-state index in [1.165, 1.54) is 58.3 Å². The van der Waals surface area contributed by atoms with Crippen molar-refractivity contribution in [3.63, 3.8) is 0 Å². The lowest BCUT2D eigenvalue weighted by atomic mass is 9.90. The number of aromatic amines is 1. The molecule has 7 heteroatoms. The molecule has 1 fully saturated rings. The number of thiazole rings is 1. The number of para-hydroxylation sites is 2. The second-order valence-corrected chi connectivity index (χ2v) is 12.2. The summed E-state index contributed by atoms with van der Waals surface area (Å²) in [5.74, 6) is 0. The zero-order valence-electron chi connectivity index (χ0n) is 23.8. The molecule has 1 aliphatic carbocycles. The molecule has 1 atom stereocenters. The second kappa shape index (κ2) is 13.1. The van der Waals surface area contributed by atoms with Crippen LogP contribution in [0.5, 0.6) is 0 Å². The van der Waals surface area contributed by atoms with Crippen LogP contribution >= 0.6 is 23.1 Å². The SMILES string of the molecule is C1=C[NH+](C2=C(/C=C/c3[nH+]c4ccccc4s3)CCC/C2=C\C=C2\Nc3ccccc3S2)C=C1N1CCOCC1.CC. The van der Waals surface area contributed by atoms with Gasteiger partial charge in [0, 0.05) is 47.3 Å². The van der Waals surface area contributed by atoms with Crippen molar-refractivity contribution in [2.45, 2.75) is 38.0 Å². The predicted molar refractivity (Wildman–Crippen MR) is 172 cm³/mol. The highest BCUT2D eigenvalue weighted by molar-refractivity contribution is 8.03. The van der Waals surface area contributed by atoms with Crippen LogP contribution in [0.2, 0.25) is 0 Å². The quantitative estimate of drug-likeness (QED) is 0.349. The van der Waals surface area contributed by atoms with Gasteiger partial charge in [0.15, 0.2) is 0 Å². The van der Waals surface area contributed by atoms with E-state index in [0.29, 0.717) is 0 Å². The number of morpholine rings is 1. The Hall–Kier alpha value is -3.36. The fourth-order valence-electron chi connectivity index (χ4n) is 5.61. The summed E-state index contributed by atoms with van der Waals surface area (Å²) in [7, 11) is 0. The average Bonchev–Trinajstić information content (AvgIpc) is 3.78. The topological polar surface area (TPSA) is 43.1 Å². The summed E-state index contributed by atoms with van der Waals surface area (Å²) in [6, 6.07) is 17.0. The van der Waals surface area contributed by atoms with Gasteiger partial charge in [-0.15, -0.1) is 0 Å². The number of ether oxygens (including phenoxy) is 1. The van der Waals surface area contributed by atoms with Crippen molar-refractivity contribution < 1.29 is 14.6 Å². The number of thioether (sulfide) groups is 1. The van der Waals surface area contributed by atoms with E-state index in [4.69, 9.17) is 4.74 Å². The largest absolute Gasteiger partial charge is 0.378 e. The van der Waals surface area contributed by atoms with Gasteiger partial charge in [0.25, 0.3) is 5.01 Å². The summed E-state index contributed by atoms with van der Waals surface area (Å²) in [4.78, 5) is 8.62. The standard InChI is InChI=1S/C32H30N4OS2.C2H6/c1-3-10-28-26(8-1)33-30(38-28)14-12-23-6-5-7-24(13-15-31-34-27-9-2-4-11-29(27)39-31)32(23)36-17-16-25(22-36)35-18-20-37-21-19-35;1-2/h1-4,8-17,22,33H,5-7,18-21H2;1-2H3/p+2/b15-13+,23-12+,30-14-;. The Bertz CT molecular complexity index is 1530. The summed E-state index contributed by atoms with van der Waals surface area (Å²) in [5, 5.41) is 5.94. The van der Waals surface area contributed by atoms with E-state index in [1.807, 2.05) is 36.9 Å².